The zero-order chi connectivity index (χ0) is 14.9. The van der Waals surface area contributed by atoms with Gasteiger partial charge in [-0.05, 0) is 23.8 Å². The Morgan fingerprint density at radius 3 is 2.30 bits per heavy atom. The van der Waals surface area contributed by atoms with Gasteiger partial charge in [0, 0.05) is 11.8 Å². The molecule has 7 heteroatoms. The van der Waals surface area contributed by atoms with Gasteiger partial charge in [-0.1, -0.05) is 34.8 Å². The summed E-state index contributed by atoms with van der Waals surface area (Å²) in [5.41, 5.74) is 1.06. The minimum atomic E-state index is -1.09. The molecule has 0 spiro atoms. The monoisotopic (exact) mass is 331 g/mol. The highest BCUT2D eigenvalue weighted by Crippen LogP contribution is 2.37. The largest absolute Gasteiger partial charge is 0.481 e. The van der Waals surface area contributed by atoms with E-state index in [-0.39, 0.29) is 26.5 Å². The van der Waals surface area contributed by atoms with Crippen LogP contribution in [0.5, 0.6) is 5.88 Å². The molecular formula is C13H8Cl3NO3. The fourth-order valence-corrected chi connectivity index (χ4v) is 2.25. The first-order valence-corrected chi connectivity index (χ1v) is 6.49. The van der Waals surface area contributed by atoms with Crippen molar-refractivity contribution in [3.63, 3.8) is 0 Å². The highest BCUT2D eigenvalue weighted by molar-refractivity contribution is 6.48. The molecule has 0 saturated carbocycles. The molecule has 0 unspecified atom stereocenters. The molecule has 4 nitrogen and oxygen atoms in total. The van der Waals surface area contributed by atoms with E-state index in [0.717, 1.165) is 0 Å². The Kier molecular flexibility index (Phi) is 4.38. The van der Waals surface area contributed by atoms with Crippen LogP contribution in [-0.2, 0) is 0 Å². The van der Waals surface area contributed by atoms with E-state index in [2.05, 4.69) is 4.98 Å². The highest BCUT2D eigenvalue weighted by Gasteiger charge is 2.15. The van der Waals surface area contributed by atoms with Crippen molar-refractivity contribution in [1.82, 2.24) is 4.98 Å². The van der Waals surface area contributed by atoms with E-state index in [1.165, 1.54) is 19.4 Å². The number of hydrogen-bond donors (Lipinski definition) is 1. The predicted octanol–water partition coefficient (Wildman–Crippen LogP) is 4.42. The van der Waals surface area contributed by atoms with Crippen LogP contribution in [0.3, 0.4) is 0 Å². The number of carbonyl (C=O) groups is 1. The summed E-state index contributed by atoms with van der Waals surface area (Å²) in [5.74, 6) is -0.822. The number of aromatic nitrogens is 1. The molecule has 20 heavy (non-hydrogen) atoms. The van der Waals surface area contributed by atoms with E-state index in [1.807, 2.05) is 0 Å². The third-order valence-corrected chi connectivity index (χ3v) is 3.78. The summed E-state index contributed by atoms with van der Waals surface area (Å²) in [5, 5.41) is 9.78. The number of halogens is 3. The summed E-state index contributed by atoms with van der Waals surface area (Å²) < 4.78 is 5.12. The van der Waals surface area contributed by atoms with Gasteiger partial charge in [0.15, 0.2) is 0 Å². The van der Waals surface area contributed by atoms with Gasteiger partial charge in [-0.15, -0.1) is 0 Å². The van der Waals surface area contributed by atoms with Gasteiger partial charge in [0.2, 0.25) is 5.88 Å². The van der Waals surface area contributed by atoms with Crippen LogP contribution < -0.4 is 4.74 Å². The molecule has 2 aromatic rings. The average Bonchev–Trinajstić information content (AvgIpc) is 2.43. The molecule has 104 valence electrons. The van der Waals surface area contributed by atoms with Gasteiger partial charge in [-0.25, -0.2) is 9.78 Å². The Bertz CT molecular complexity index is 666. The second kappa shape index (κ2) is 5.87. The van der Waals surface area contributed by atoms with E-state index in [4.69, 9.17) is 44.6 Å². The molecule has 2 rings (SSSR count). The molecule has 0 bridgehead atoms. The lowest BCUT2D eigenvalue weighted by Gasteiger charge is -2.10. The van der Waals surface area contributed by atoms with Crippen LogP contribution in [0.25, 0.3) is 11.1 Å². The number of benzene rings is 1. The van der Waals surface area contributed by atoms with Crippen molar-refractivity contribution in [2.45, 2.75) is 0 Å². The third kappa shape index (κ3) is 2.82. The Balaban J connectivity index is 2.67. The number of pyridine rings is 1. The summed E-state index contributed by atoms with van der Waals surface area (Å²) >= 11 is 17.8. The minimum absolute atomic E-state index is 0.0306. The molecule has 0 aliphatic rings. The summed E-state index contributed by atoms with van der Waals surface area (Å²) in [6.07, 6.45) is 1.21. The molecule has 1 aromatic heterocycles. The standard InChI is InChI=1S/C13H8Cl3NO3/c1-20-12-8(2-7(5-17-12)13(18)19)6-3-9(14)11(16)10(15)4-6/h2-5H,1H3,(H,18,19). The Morgan fingerprint density at radius 1 is 1.20 bits per heavy atom. The van der Waals surface area contributed by atoms with Crippen LogP contribution in [0.1, 0.15) is 10.4 Å². The minimum Gasteiger partial charge on any atom is -0.481 e. The van der Waals surface area contributed by atoms with Crippen molar-refractivity contribution in [1.29, 1.82) is 0 Å². The maximum Gasteiger partial charge on any atom is 0.337 e. The quantitative estimate of drug-likeness (QED) is 0.845. The van der Waals surface area contributed by atoms with E-state index in [9.17, 15) is 4.79 Å². The SMILES string of the molecule is COc1ncc(C(=O)O)cc1-c1cc(Cl)c(Cl)c(Cl)c1. The molecule has 0 radical (unpaired) electrons. The lowest BCUT2D eigenvalue weighted by molar-refractivity contribution is 0.0696. The van der Waals surface area contributed by atoms with Crippen LogP contribution in [0.4, 0.5) is 0 Å². The first-order chi connectivity index (χ1) is 9.43. The number of aromatic carboxylic acids is 1. The van der Waals surface area contributed by atoms with Crippen molar-refractivity contribution in [2.75, 3.05) is 7.11 Å². The van der Waals surface area contributed by atoms with Crippen LogP contribution >= 0.6 is 34.8 Å². The molecule has 0 atom stereocenters. The van der Waals surface area contributed by atoms with E-state index < -0.39 is 5.97 Å². The van der Waals surface area contributed by atoms with Crippen LogP contribution in [0, 0.1) is 0 Å². The van der Waals surface area contributed by atoms with Gasteiger partial charge in [-0.2, -0.15) is 0 Å². The number of rotatable bonds is 3. The third-order valence-electron chi connectivity index (χ3n) is 2.59. The zero-order valence-electron chi connectivity index (χ0n) is 10.2. The summed E-state index contributed by atoms with van der Waals surface area (Å²) in [6, 6.07) is 4.58. The molecule has 0 aliphatic carbocycles. The molecular weight excluding hydrogens is 325 g/mol. The van der Waals surface area contributed by atoms with Crippen LogP contribution in [-0.4, -0.2) is 23.2 Å². The first kappa shape index (κ1) is 14.9. The van der Waals surface area contributed by atoms with Gasteiger partial charge in [0.1, 0.15) is 0 Å². The number of nitrogens with zero attached hydrogens (tertiary/aromatic N) is 1. The number of ether oxygens (including phenoxy) is 1. The van der Waals surface area contributed by atoms with Crippen LogP contribution in [0.15, 0.2) is 24.4 Å². The Morgan fingerprint density at radius 2 is 1.80 bits per heavy atom. The van der Waals surface area contributed by atoms with Crippen molar-refractivity contribution in [3.8, 4) is 17.0 Å². The van der Waals surface area contributed by atoms with Gasteiger partial charge in [0.05, 0.1) is 27.7 Å². The van der Waals surface area contributed by atoms with E-state index >= 15 is 0 Å². The molecule has 1 N–H and O–H groups in total. The maximum absolute atomic E-state index is 11.0. The van der Waals surface area contributed by atoms with Gasteiger partial charge >= 0.3 is 5.97 Å². The molecule has 0 amide bonds. The average molecular weight is 333 g/mol. The molecule has 1 aromatic carbocycles. The summed E-state index contributed by atoms with van der Waals surface area (Å²) in [6.45, 7) is 0. The number of methoxy groups -OCH3 is 1. The van der Waals surface area contributed by atoms with Gasteiger partial charge in [-0.3, -0.25) is 0 Å². The fourth-order valence-electron chi connectivity index (χ4n) is 1.65. The molecule has 0 aliphatic heterocycles. The predicted molar refractivity (Wildman–Crippen MR) is 78.2 cm³/mol. The normalized spacial score (nSPS) is 10.4. The molecule has 0 saturated heterocycles. The number of carboxylic acid groups (broad SMARTS) is 1. The second-order valence-electron chi connectivity index (χ2n) is 3.84. The maximum atomic E-state index is 11.0. The Labute approximate surface area is 129 Å². The number of carboxylic acids is 1. The topological polar surface area (TPSA) is 59.4 Å². The Hall–Kier alpha value is -1.49. The lowest BCUT2D eigenvalue weighted by Crippen LogP contribution is -2.00. The van der Waals surface area contributed by atoms with Gasteiger partial charge < -0.3 is 9.84 Å². The summed E-state index contributed by atoms with van der Waals surface area (Å²) in [4.78, 5) is 15.0. The van der Waals surface area contributed by atoms with E-state index in [0.29, 0.717) is 11.1 Å². The molecule has 1 heterocycles. The fraction of sp³-hybridized carbons (Fsp3) is 0.0769. The van der Waals surface area contributed by atoms with Crippen LogP contribution in [0.2, 0.25) is 15.1 Å². The zero-order valence-corrected chi connectivity index (χ0v) is 12.4. The molecule has 0 fully saturated rings. The van der Waals surface area contributed by atoms with Gasteiger partial charge in [0.25, 0.3) is 0 Å². The van der Waals surface area contributed by atoms with Crippen molar-refractivity contribution in [2.24, 2.45) is 0 Å². The lowest BCUT2D eigenvalue weighted by atomic mass is 10.1. The smallest absolute Gasteiger partial charge is 0.337 e. The second-order valence-corrected chi connectivity index (χ2v) is 5.03. The summed E-state index contributed by atoms with van der Waals surface area (Å²) in [7, 11) is 1.44. The highest BCUT2D eigenvalue weighted by atomic mass is 35.5. The van der Waals surface area contributed by atoms with Crippen molar-refractivity contribution >= 4 is 40.8 Å². The number of hydrogen-bond acceptors (Lipinski definition) is 3. The van der Waals surface area contributed by atoms with Crippen molar-refractivity contribution < 1.29 is 14.6 Å². The van der Waals surface area contributed by atoms with Crippen molar-refractivity contribution in [3.05, 3.63) is 45.0 Å². The first-order valence-electron chi connectivity index (χ1n) is 5.36. The van der Waals surface area contributed by atoms with E-state index in [1.54, 1.807) is 12.1 Å².